The summed E-state index contributed by atoms with van der Waals surface area (Å²) in [6, 6.07) is 5.63. The smallest absolute Gasteiger partial charge is 0.339 e. The number of hydrogen-bond acceptors (Lipinski definition) is 4. The number of esters is 1. The van der Waals surface area contributed by atoms with Crippen molar-refractivity contribution in [3.8, 4) is 0 Å². The van der Waals surface area contributed by atoms with E-state index in [2.05, 4.69) is 13.8 Å². The van der Waals surface area contributed by atoms with Gasteiger partial charge in [0.15, 0.2) is 0 Å². The Balaban J connectivity index is 2.56. The molecular weight excluding hydrogens is 412 g/mol. The Morgan fingerprint density at radius 2 is 1.32 bits per heavy atom. The summed E-state index contributed by atoms with van der Waals surface area (Å²) < 4.78 is 37.9. The molecule has 0 aromatic heterocycles. The number of carbonyl (C=O) groups excluding carboxylic acids is 1. The molecule has 0 aliphatic carbocycles. The fraction of sp³-hybridized carbons (Fsp3) is 0.720. The van der Waals surface area contributed by atoms with Crippen molar-refractivity contribution in [2.75, 3.05) is 6.61 Å². The Kier molecular flexibility index (Phi) is 14.5. The zero-order valence-corrected chi connectivity index (χ0v) is 20.3. The zero-order valence-electron chi connectivity index (χ0n) is 19.5. The standard InChI is InChI=1S/C25H42O5S/c1-3-5-7-9-10-12-14-18-22(17-13-11-8-6-4-2)21-30-25(26)23-19-15-16-20-24(23)31(27,28)29/h15-16,19-20,22H,3-14,17-18,21H2,1-2H3,(H,27,28,29)/t22-/m1/s1. The average molecular weight is 455 g/mol. The van der Waals surface area contributed by atoms with Crippen molar-refractivity contribution < 1.29 is 22.5 Å². The van der Waals surface area contributed by atoms with Crippen molar-refractivity contribution in [1.29, 1.82) is 0 Å². The molecule has 0 saturated heterocycles. The van der Waals surface area contributed by atoms with E-state index < -0.39 is 21.0 Å². The van der Waals surface area contributed by atoms with Crippen LogP contribution in [0, 0.1) is 5.92 Å². The first kappa shape index (κ1) is 27.6. The van der Waals surface area contributed by atoms with Gasteiger partial charge in [-0.1, -0.05) is 103 Å². The molecular formula is C25H42O5S. The molecule has 0 aliphatic heterocycles. The molecule has 0 radical (unpaired) electrons. The van der Waals surface area contributed by atoms with Crippen molar-refractivity contribution in [3.05, 3.63) is 29.8 Å². The maximum absolute atomic E-state index is 12.5. The monoisotopic (exact) mass is 454 g/mol. The van der Waals surface area contributed by atoms with E-state index in [1.165, 1.54) is 82.4 Å². The van der Waals surface area contributed by atoms with Gasteiger partial charge >= 0.3 is 5.97 Å². The quantitative estimate of drug-likeness (QED) is 0.144. The molecule has 0 fully saturated rings. The van der Waals surface area contributed by atoms with Crippen LogP contribution >= 0.6 is 0 Å². The van der Waals surface area contributed by atoms with E-state index in [0.29, 0.717) is 12.5 Å². The minimum absolute atomic E-state index is 0.109. The first-order valence-electron chi connectivity index (χ1n) is 12.1. The first-order chi connectivity index (χ1) is 14.9. The van der Waals surface area contributed by atoms with Crippen LogP contribution in [0.25, 0.3) is 0 Å². The van der Waals surface area contributed by atoms with Crippen LogP contribution in [0.4, 0.5) is 0 Å². The molecule has 0 spiro atoms. The third-order valence-electron chi connectivity index (χ3n) is 5.77. The molecule has 1 atom stereocenters. The van der Waals surface area contributed by atoms with E-state index in [1.807, 2.05) is 0 Å². The third kappa shape index (κ3) is 12.3. The number of benzene rings is 1. The van der Waals surface area contributed by atoms with Crippen LogP contribution in [0.15, 0.2) is 29.2 Å². The number of carbonyl (C=O) groups is 1. The third-order valence-corrected chi connectivity index (χ3v) is 6.68. The van der Waals surface area contributed by atoms with Gasteiger partial charge < -0.3 is 4.74 Å². The van der Waals surface area contributed by atoms with Gasteiger partial charge in [-0.05, 0) is 30.9 Å². The van der Waals surface area contributed by atoms with Crippen LogP contribution in [0.1, 0.15) is 114 Å². The highest BCUT2D eigenvalue weighted by atomic mass is 32.2. The second-order valence-corrected chi connectivity index (χ2v) is 9.94. The van der Waals surface area contributed by atoms with Crippen molar-refractivity contribution in [2.24, 2.45) is 5.92 Å². The van der Waals surface area contributed by atoms with Crippen molar-refractivity contribution >= 4 is 16.1 Å². The summed E-state index contributed by atoms with van der Waals surface area (Å²) >= 11 is 0. The molecule has 178 valence electrons. The molecule has 1 rings (SSSR count). The Morgan fingerprint density at radius 1 is 0.839 bits per heavy atom. The van der Waals surface area contributed by atoms with E-state index in [0.717, 1.165) is 25.7 Å². The Hall–Kier alpha value is -1.40. The Labute approximate surface area is 189 Å². The van der Waals surface area contributed by atoms with Gasteiger partial charge in [0.25, 0.3) is 10.1 Å². The van der Waals surface area contributed by atoms with Crippen LogP contribution in [-0.4, -0.2) is 25.5 Å². The lowest BCUT2D eigenvalue weighted by Crippen LogP contribution is -2.17. The van der Waals surface area contributed by atoms with Gasteiger partial charge in [0, 0.05) is 0 Å². The fourth-order valence-electron chi connectivity index (χ4n) is 3.87. The largest absolute Gasteiger partial charge is 0.462 e. The van der Waals surface area contributed by atoms with E-state index in [1.54, 1.807) is 6.07 Å². The summed E-state index contributed by atoms with van der Waals surface area (Å²) in [7, 11) is -4.47. The molecule has 0 heterocycles. The lowest BCUT2D eigenvalue weighted by Gasteiger charge is -2.17. The van der Waals surface area contributed by atoms with Gasteiger partial charge in [0.2, 0.25) is 0 Å². The zero-order chi connectivity index (χ0) is 23.0. The second kappa shape index (κ2) is 16.3. The SMILES string of the molecule is CCCCCCCCC[C@@H](CCCCCCC)COC(=O)c1ccccc1S(=O)(=O)O. The topological polar surface area (TPSA) is 80.7 Å². The molecule has 5 nitrogen and oxygen atoms in total. The van der Waals surface area contributed by atoms with Crippen molar-refractivity contribution in [1.82, 2.24) is 0 Å². The lowest BCUT2D eigenvalue weighted by molar-refractivity contribution is 0.0417. The van der Waals surface area contributed by atoms with Gasteiger partial charge in [-0.2, -0.15) is 8.42 Å². The Bertz CT molecular complexity index is 714. The molecule has 1 aromatic carbocycles. The number of unbranched alkanes of at least 4 members (excludes halogenated alkanes) is 10. The molecule has 31 heavy (non-hydrogen) atoms. The predicted molar refractivity (Wildman–Crippen MR) is 126 cm³/mol. The van der Waals surface area contributed by atoms with Gasteiger partial charge in [-0.15, -0.1) is 0 Å². The second-order valence-electron chi connectivity index (χ2n) is 8.55. The van der Waals surface area contributed by atoms with E-state index >= 15 is 0 Å². The average Bonchev–Trinajstić information content (AvgIpc) is 2.75. The Morgan fingerprint density at radius 3 is 1.84 bits per heavy atom. The predicted octanol–water partition coefficient (Wildman–Crippen LogP) is 7.21. The van der Waals surface area contributed by atoms with Gasteiger partial charge in [0.05, 0.1) is 12.2 Å². The van der Waals surface area contributed by atoms with Crippen LogP contribution in [0.3, 0.4) is 0 Å². The highest BCUT2D eigenvalue weighted by Crippen LogP contribution is 2.21. The maximum atomic E-state index is 12.5. The highest BCUT2D eigenvalue weighted by Gasteiger charge is 2.22. The molecule has 0 aliphatic rings. The van der Waals surface area contributed by atoms with Crippen LogP contribution in [-0.2, 0) is 14.9 Å². The number of ether oxygens (including phenoxy) is 1. The summed E-state index contributed by atoms with van der Waals surface area (Å²) in [5.41, 5.74) is -0.109. The summed E-state index contributed by atoms with van der Waals surface area (Å²) in [4.78, 5) is 12.1. The van der Waals surface area contributed by atoms with E-state index in [-0.39, 0.29) is 5.56 Å². The molecule has 6 heteroatoms. The highest BCUT2D eigenvalue weighted by molar-refractivity contribution is 7.86. The van der Waals surface area contributed by atoms with E-state index in [9.17, 15) is 17.8 Å². The van der Waals surface area contributed by atoms with Crippen LogP contribution in [0.2, 0.25) is 0 Å². The van der Waals surface area contributed by atoms with Crippen LogP contribution in [0.5, 0.6) is 0 Å². The normalized spacial score (nSPS) is 12.6. The first-order valence-corrected chi connectivity index (χ1v) is 13.6. The molecule has 0 bridgehead atoms. The summed E-state index contributed by atoms with van der Waals surface area (Å²) in [6.07, 6.45) is 16.8. The molecule has 0 saturated carbocycles. The summed E-state index contributed by atoms with van der Waals surface area (Å²) in [6.45, 7) is 4.72. The summed E-state index contributed by atoms with van der Waals surface area (Å²) in [5, 5.41) is 0. The molecule has 1 aromatic rings. The number of rotatable bonds is 18. The van der Waals surface area contributed by atoms with Crippen molar-refractivity contribution in [3.63, 3.8) is 0 Å². The fourth-order valence-corrected chi connectivity index (χ4v) is 4.55. The van der Waals surface area contributed by atoms with Crippen LogP contribution < -0.4 is 0 Å². The maximum Gasteiger partial charge on any atom is 0.339 e. The van der Waals surface area contributed by atoms with Gasteiger partial charge in [0.1, 0.15) is 4.90 Å². The minimum Gasteiger partial charge on any atom is -0.462 e. The lowest BCUT2D eigenvalue weighted by atomic mass is 9.95. The number of hydrogen-bond donors (Lipinski definition) is 1. The van der Waals surface area contributed by atoms with Gasteiger partial charge in [-0.25, -0.2) is 4.79 Å². The minimum atomic E-state index is -4.47. The van der Waals surface area contributed by atoms with E-state index in [4.69, 9.17) is 4.74 Å². The van der Waals surface area contributed by atoms with Crippen molar-refractivity contribution in [2.45, 2.75) is 109 Å². The molecule has 1 N–H and O–H groups in total. The summed E-state index contributed by atoms with van der Waals surface area (Å²) in [5.74, 6) is -0.400. The molecule has 0 unspecified atom stereocenters. The van der Waals surface area contributed by atoms with Gasteiger partial charge in [-0.3, -0.25) is 4.55 Å². The molecule has 0 amide bonds.